The van der Waals surface area contributed by atoms with Gasteiger partial charge in [0.1, 0.15) is 6.04 Å². The standard InChI is InChI=1S/C3H10N2.C3H7NO2S.C3H9NO.CH4/c1-3(5)2-4;4-2(1-7)3(5)6;1-3(4)2-5;/h3H,2,4-5H2,1H3;2,7H,1,4H2,(H,5,6);3,5H,2,4H2,1H3;1H4. The monoisotopic (exact) mass is 286 g/mol. The van der Waals surface area contributed by atoms with E-state index >= 15 is 0 Å². The fourth-order valence-electron chi connectivity index (χ4n) is 0.0781. The van der Waals surface area contributed by atoms with E-state index < -0.39 is 12.0 Å². The molecule has 0 aromatic heterocycles. The normalized spacial score (nSPS) is 13.6. The first kappa shape index (κ1) is 26.2. The number of hydrogen-bond acceptors (Lipinski definition) is 7. The second kappa shape index (κ2) is 19.0. The summed E-state index contributed by atoms with van der Waals surface area (Å²) in [5.41, 5.74) is 20.2. The van der Waals surface area contributed by atoms with Crippen LogP contribution in [0, 0.1) is 0 Å². The summed E-state index contributed by atoms with van der Waals surface area (Å²) in [5.74, 6) is -0.815. The maximum Gasteiger partial charge on any atom is 0.321 e. The average Bonchev–Trinajstić information content (AvgIpc) is 2.29. The Morgan fingerprint density at radius 3 is 1.50 bits per heavy atom. The van der Waals surface area contributed by atoms with Crippen molar-refractivity contribution in [3.05, 3.63) is 0 Å². The van der Waals surface area contributed by atoms with Crippen molar-refractivity contribution in [1.29, 1.82) is 0 Å². The number of thiol groups is 1. The molecule has 18 heavy (non-hydrogen) atoms. The number of rotatable bonds is 4. The van der Waals surface area contributed by atoms with E-state index in [9.17, 15) is 4.79 Å². The van der Waals surface area contributed by atoms with Crippen molar-refractivity contribution < 1.29 is 15.0 Å². The molecule has 0 aliphatic rings. The van der Waals surface area contributed by atoms with Crippen LogP contribution in [0.2, 0.25) is 0 Å². The molecule has 0 saturated carbocycles. The summed E-state index contributed by atoms with van der Waals surface area (Å²) in [5, 5.41) is 16.0. The number of hydrogen-bond donors (Lipinski definition) is 7. The van der Waals surface area contributed by atoms with Crippen molar-refractivity contribution in [2.75, 3.05) is 18.9 Å². The third kappa shape index (κ3) is 36.1. The van der Waals surface area contributed by atoms with Gasteiger partial charge in [0, 0.05) is 24.4 Å². The molecular weight excluding hydrogens is 256 g/mol. The third-order valence-electron chi connectivity index (χ3n) is 1.17. The first-order valence-corrected chi connectivity index (χ1v) is 5.77. The molecule has 114 valence electrons. The molecule has 3 unspecified atom stereocenters. The topological polar surface area (TPSA) is 162 Å². The van der Waals surface area contributed by atoms with E-state index in [4.69, 9.17) is 33.1 Å². The second-order valence-electron chi connectivity index (χ2n) is 3.50. The van der Waals surface area contributed by atoms with Gasteiger partial charge in [0.05, 0.1) is 6.61 Å². The lowest BCUT2D eigenvalue weighted by molar-refractivity contribution is -0.137. The molecule has 0 radical (unpaired) electrons. The van der Waals surface area contributed by atoms with Crippen molar-refractivity contribution in [2.24, 2.45) is 22.9 Å². The maximum absolute atomic E-state index is 9.76. The van der Waals surface area contributed by atoms with Gasteiger partial charge in [-0.15, -0.1) is 0 Å². The molecule has 0 aliphatic carbocycles. The summed E-state index contributed by atoms with van der Waals surface area (Å²) in [6, 6.07) is -0.715. The summed E-state index contributed by atoms with van der Waals surface area (Å²) in [4.78, 5) is 9.76. The molecule has 0 bridgehead atoms. The smallest absolute Gasteiger partial charge is 0.321 e. The average molecular weight is 286 g/mol. The van der Waals surface area contributed by atoms with Crippen molar-refractivity contribution in [3.8, 4) is 0 Å². The van der Waals surface area contributed by atoms with Gasteiger partial charge in [0.25, 0.3) is 0 Å². The zero-order valence-electron chi connectivity index (χ0n) is 10.4. The summed E-state index contributed by atoms with van der Waals surface area (Å²) < 4.78 is 0. The van der Waals surface area contributed by atoms with Crippen LogP contribution in [-0.2, 0) is 4.79 Å². The molecule has 3 atom stereocenters. The molecule has 0 aromatic rings. The van der Waals surface area contributed by atoms with Crippen LogP contribution < -0.4 is 22.9 Å². The Morgan fingerprint density at radius 2 is 1.50 bits per heavy atom. The van der Waals surface area contributed by atoms with Crippen LogP contribution in [0.5, 0.6) is 0 Å². The van der Waals surface area contributed by atoms with Crippen LogP contribution in [0.4, 0.5) is 0 Å². The van der Waals surface area contributed by atoms with Gasteiger partial charge >= 0.3 is 5.97 Å². The maximum atomic E-state index is 9.76. The number of nitrogens with two attached hydrogens (primary N) is 4. The molecule has 10 N–H and O–H groups in total. The third-order valence-corrected chi connectivity index (χ3v) is 1.57. The molecule has 0 aromatic carbocycles. The molecule has 0 aliphatic heterocycles. The Balaban J connectivity index is -0.0000000813. The highest BCUT2D eigenvalue weighted by Crippen LogP contribution is 1.80. The molecule has 7 nitrogen and oxygen atoms in total. The first-order chi connectivity index (χ1) is 7.72. The van der Waals surface area contributed by atoms with E-state index in [1.165, 1.54) is 0 Å². The summed E-state index contributed by atoms with van der Waals surface area (Å²) in [6.45, 7) is 4.29. The number of carbonyl (C=O) groups is 1. The predicted octanol–water partition coefficient (Wildman–Crippen LogP) is -1.42. The Hall–Kier alpha value is -0.380. The Bertz CT molecular complexity index is 163. The minimum Gasteiger partial charge on any atom is -0.480 e. The SMILES string of the molecule is C.CC(N)CN.CC(N)CO.NC(CS)C(=O)O. The highest BCUT2D eigenvalue weighted by molar-refractivity contribution is 7.80. The molecule has 0 spiro atoms. The van der Waals surface area contributed by atoms with Crippen LogP contribution in [0.25, 0.3) is 0 Å². The molecule has 0 rings (SSSR count). The van der Waals surface area contributed by atoms with E-state index in [0.717, 1.165) is 0 Å². The quantitative estimate of drug-likeness (QED) is 0.312. The van der Waals surface area contributed by atoms with Crippen molar-refractivity contribution >= 4 is 18.6 Å². The highest BCUT2D eigenvalue weighted by atomic mass is 32.1. The molecular formula is C10H30N4O3S. The minimum absolute atomic E-state index is 0. The number of carboxylic acids is 1. The lowest BCUT2D eigenvalue weighted by Gasteiger charge is -1.96. The van der Waals surface area contributed by atoms with Crippen molar-refractivity contribution in [1.82, 2.24) is 0 Å². The zero-order valence-corrected chi connectivity index (χ0v) is 11.3. The van der Waals surface area contributed by atoms with Gasteiger partial charge in [-0.05, 0) is 13.8 Å². The Labute approximate surface area is 115 Å². The van der Waals surface area contributed by atoms with Gasteiger partial charge in [-0.2, -0.15) is 12.6 Å². The molecule has 8 heteroatoms. The predicted molar refractivity (Wildman–Crippen MR) is 79.6 cm³/mol. The lowest BCUT2D eigenvalue weighted by atomic mass is 10.4. The molecule has 0 saturated heterocycles. The lowest BCUT2D eigenvalue weighted by Crippen LogP contribution is -2.31. The Kier molecular flexibility index (Phi) is 27.7. The van der Waals surface area contributed by atoms with E-state index in [0.29, 0.717) is 6.54 Å². The fraction of sp³-hybridized carbons (Fsp3) is 0.900. The number of aliphatic carboxylic acids is 1. The number of aliphatic hydroxyl groups excluding tert-OH is 1. The van der Waals surface area contributed by atoms with E-state index in [1.54, 1.807) is 6.92 Å². The summed E-state index contributed by atoms with van der Waals surface area (Å²) in [6.07, 6.45) is 0. The molecule has 0 fully saturated rings. The van der Waals surface area contributed by atoms with Gasteiger partial charge in [-0.1, -0.05) is 7.43 Å². The second-order valence-corrected chi connectivity index (χ2v) is 3.87. The van der Waals surface area contributed by atoms with Gasteiger partial charge in [-0.3, -0.25) is 4.79 Å². The van der Waals surface area contributed by atoms with Crippen LogP contribution in [0.3, 0.4) is 0 Å². The first-order valence-electron chi connectivity index (χ1n) is 5.14. The largest absolute Gasteiger partial charge is 0.480 e. The van der Waals surface area contributed by atoms with Crippen LogP contribution in [0.1, 0.15) is 21.3 Å². The number of carboxylic acid groups (broad SMARTS) is 1. The van der Waals surface area contributed by atoms with E-state index in [1.807, 2.05) is 6.92 Å². The molecule has 0 amide bonds. The van der Waals surface area contributed by atoms with E-state index in [2.05, 4.69) is 12.6 Å². The van der Waals surface area contributed by atoms with Crippen LogP contribution in [-0.4, -0.2) is 53.2 Å². The summed E-state index contributed by atoms with van der Waals surface area (Å²) >= 11 is 3.65. The summed E-state index contributed by atoms with van der Waals surface area (Å²) in [7, 11) is 0. The van der Waals surface area contributed by atoms with Crippen molar-refractivity contribution in [3.63, 3.8) is 0 Å². The fourth-order valence-corrected chi connectivity index (χ4v) is 0.234. The highest BCUT2D eigenvalue weighted by Gasteiger charge is 2.06. The minimum atomic E-state index is -1.00. The van der Waals surface area contributed by atoms with Gasteiger partial charge in [-0.25, -0.2) is 0 Å². The van der Waals surface area contributed by atoms with Crippen molar-refractivity contribution in [2.45, 2.75) is 39.4 Å². The zero-order chi connectivity index (χ0) is 14.4. The van der Waals surface area contributed by atoms with E-state index in [-0.39, 0.29) is 31.9 Å². The van der Waals surface area contributed by atoms with Crippen LogP contribution in [0.15, 0.2) is 0 Å². The molecule has 0 heterocycles. The van der Waals surface area contributed by atoms with Gasteiger partial charge in [0.2, 0.25) is 0 Å². The van der Waals surface area contributed by atoms with Gasteiger partial charge < -0.3 is 33.1 Å². The number of aliphatic hydroxyl groups is 1. The Morgan fingerprint density at radius 1 is 1.22 bits per heavy atom. The van der Waals surface area contributed by atoms with Crippen LogP contribution >= 0.6 is 12.6 Å². The van der Waals surface area contributed by atoms with Gasteiger partial charge in [0.15, 0.2) is 0 Å².